The average molecular weight is 1060 g/mol. The van der Waals surface area contributed by atoms with Crippen molar-refractivity contribution in [1.29, 1.82) is 0 Å². The summed E-state index contributed by atoms with van der Waals surface area (Å²) in [5.41, 5.74) is 27.2. The van der Waals surface area contributed by atoms with E-state index in [1.54, 1.807) is 0 Å². The summed E-state index contributed by atoms with van der Waals surface area (Å²) >= 11 is 0. The van der Waals surface area contributed by atoms with E-state index < -0.39 is 0 Å². The number of fused-ring (bicyclic) bond motifs is 8. The minimum absolute atomic E-state index is 0.0715. The van der Waals surface area contributed by atoms with Gasteiger partial charge >= 0.3 is 0 Å². The van der Waals surface area contributed by atoms with Crippen LogP contribution in [0, 0.1) is 23.7 Å². The first-order valence-electron chi connectivity index (χ1n) is 30.1. The monoisotopic (exact) mass is 1060 g/mol. The molecule has 8 bridgehead atoms. The van der Waals surface area contributed by atoms with Crippen LogP contribution in [0.15, 0.2) is 97.1 Å². The fourth-order valence-corrected chi connectivity index (χ4v) is 11.9. The van der Waals surface area contributed by atoms with Crippen LogP contribution in [0.4, 0.5) is 0 Å². The Hall–Kier alpha value is -6.52. The Morgan fingerprint density at radius 2 is 0.525 bits per heavy atom. The van der Waals surface area contributed by atoms with Crippen molar-refractivity contribution < 1.29 is 0 Å². The van der Waals surface area contributed by atoms with Gasteiger partial charge in [0.25, 0.3) is 0 Å². The quantitative estimate of drug-likeness (QED) is 0.128. The summed E-state index contributed by atoms with van der Waals surface area (Å²) in [5.74, 6) is 2.02. The summed E-state index contributed by atoms with van der Waals surface area (Å²) in [6.07, 6.45) is 13.1. The molecule has 418 valence electrons. The van der Waals surface area contributed by atoms with Gasteiger partial charge < -0.3 is 9.97 Å². The molecule has 0 aliphatic carbocycles. The zero-order valence-corrected chi connectivity index (χ0v) is 52.6. The van der Waals surface area contributed by atoms with Gasteiger partial charge in [-0.05, 0) is 186 Å². The molecule has 3 aromatic heterocycles. The SMILES string of the molecule is CC(C)Cc1cc(CC(C)C)cc(-c2c3nc(c(-c4cc(CC(C)C)cc(C(C)(C)C)c4)c4ccc([nH]4)c(-c4cc(C(C)(C)C)cc(C(C)(C)C)c4)c4nc(c(-c5cc(CC(C)C)cc(C(C)(C)C)c5)c5ccc2[nH]5)C=C4)C=C3)c1. The smallest absolute Gasteiger partial charge is 0.0737 e. The molecule has 0 fully saturated rings. The predicted octanol–water partition coefficient (Wildman–Crippen LogP) is 21.3. The van der Waals surface area contributed by atoms with E-state index >= 15 is 0 Å². The number of benzene rings is 4. The van der Waals surface area contributed by atoms with Gasteiger partial charge in [0.15, 0.2) is 0 Å². The number of H-pyrrole nitrogens is 2. The van der Waals surface area contributed by atoms with Crippen LogP contribution < -0.4 is 0 Å². The van der Waals surface area contributed by atoms with Crippen molar-refractivity contribution in [2.75, 3.05) is 0 Å². The van der Waals surface area contributed by atoms with Gasteiger partial charge in [-0.25, -0.2) is 9.97 Å². The van der Waals surface area contributed by atoms with Gasteiger partial charge in [-0.3, -0.25) is 0 Å². The molecule has 0 saturated heterocycles. The first kappa shape index (κ1) is 58.1. The molecule has 2 aliphatic rings. The predicted molar refractivity (Wildman–Crippen MR) is 350 cm³/mol. The zero-order valence-electron chi connectivity index (χ0n) is 52.6. The topological polar surface area (TPSA) is 57.4 Å². The number of nitrogens with one attached hydrogen (secondary N) is 2. The van der Waals surface area contributed by atoms with Crippen LogP contribution in [0.2, 0.25) is 0 Å². The van der Waals surface area contributed by atoms with Crippen molar-refractivity contribution in [2.24, 2.45) is 23.7 Å². The van der Waals surface area contributed by atoms with Crippen LogP contribution >= 0.6 is 0 Å². The number of hydrogen-bond donors (Lipinski definition) is 2. The number of rotatable bonds is 12. The minimum atomic E-state index is -0.0894. The molecule has 9 rings (SSSR count). The van der Waals surface area contributed by atoms with Crippen LogP contribution in [0.5, 0.6) is 0 Å². The Morgan fingerprint density at radius 3 is 0.775 bits per heavy atom. The summed E-state index contributed by atoms with van der Waals surface area (Å²) in [6.45, 7) is 46.6. The lowest BCUT2D eigenvalue weighted by Gasteiger charge is -2.26. The van der Waals surface area contributed by atoms with Crippen LogP contribution in [-0.2, 0) is 47.3 Å². The van der Waals surface area contributed by atoms with Gasteiger partial charge in [0.05, 0.1) is 22.8 Å². The summed E-state index contributed by atoms with van der Waals surface area (Å²) in [4.78, 5) is 20.0. The van der Waals surface area contributed by atoms with Crippen LogP contribution in [0.25, 0.3) is 90.9 Å². The molecule has 2 N–H and O–H groups in total. The minimum Gasteiger partial charge on any atom is -0.354 e. The molecule has 0 radical (unpaired) electrons. The lowest BCUT2D eigenvalue weighted by Crippen LogP contribution is -2.16. The maximum Gasteiger partial charge on any atom is 0.0737 e. The summed E-state index contributed by atoms with van der Waals surface area (Å²) < 4.78 is 0. The normalized spacial score (nSPS) is 13.3. The molecular weight excluding hydrogens is 969 g/mol. The van der Waals surface area contributed by atoms with Gasteiger partial charge in [0.1, 0.15) is 0 Å². The fraction of sp³-hybridized carbons (Fsp3) is 0.421. The summed E-state index contributed by atoms with van der Waals surface area (Å²) in [7, 11) is 0. The van der Waals surface area contributed by atoms with Crippen LogP contribution in [0.1, 0.15) is 206 Å². The highest BCUT2D eigenvalue weighted by Crippen LogP contribution is 2.43. The Balaban J connectivity index is 1.52. The molecule has 4 nitrogen and oxygen atoms in total. The van der Waals surface area contributed by atoms with E-state index in [0.717, 1.165) is 98.3 Å². The van der Waals surface area contributed by atoms with E-state index in [9.17, 15) is 0 Å². The van der Waals surface area contributed by atoms with Gasteiger partial charge in [-0.2, -0.15) is 0 Å². The number of aromatic nitrogens is 4. The van der Waals surface area contributed by atoms with E-state index in [1.165, 1.54) is 61.2 Å². The highest BCUT2D eigenvalue weighted by Gasteiger charge is 2.26. The van der Waals surface area contributed by atoms with Gasteiger partial charge in [0, 0.05) is 44.3 Å². The molecule has 7 aromatic rings. The lowest BCUT2D eigenvalue weighted by molar-refractivity contribution is 0.569. The highest BCUT2D eigenvalue weighted by atomic mass is 14.8. The van der Waals surface area contributed by atoms with Crippen molar-refractivity contribution in [3.63, 3.8) is 0 Å². The molecule has 5 heterocycles. The first-order chi connectivity index (χ1) is 37.4. The second kappa shape index (κ2) is 22.1. The average Bonchev–Trinajstić information content (AvgIpc) is 4.21. The van der Waals surface area contributed by atoms with E-state index in [2.05, 4.69) is 270 Å². The van der Waals surface area contributed by atoms with Crippen molar-refractivity contribution in [3.8, 4) is 44.5 Å². The molecule has 2 aliphatic heterocycles. The summed E-state index contributed by atoms with van der Waals surface area (Å²) in [6, 6.07) is 38.4. The Kier molecular flexibility index (Phi) is 16.1. The number of aromatic amines is 2. The van der Waals surface area contributed by atoms with Gasteiger partial charge in [0.2, 0.25) is 0 Å². The molecule has 0 atom stereocenters. The van der Waals surface area contributed by atoms with Crippen molar-refractivity contribution in [2.45, 2.75) is 186 Å². The molecular formula is C76H94N4. The Bertz CT molecular complexity index is 3570. The van der Waals surface area contributed by atoms with Gasteiger partial charge in [-0.15, -0.1) is 0 Å². The summed E-state index contributed by atoms with van der Waals surface area (Å²) in [5, 5.41) is 0. The largest absolute Gasteiger partial charge is 0.354 e. The maximum atomic E-state index is 5.87. The zero-order chi connectivity index (χ0) is 58.0. The van der Waals surface area contributed by atoms with E-state index in [4.69, 9.17) is 9.97 Å². The number of nitrogens with zero attached hydrogens (tertiary/aromatic N) is 2. The van der Waals surface area contributed by atoms with Crippen LogP contribution in [0.3, 0.4) is 0 Å². The van der Waals surface area contributed by atoms with E-state index in [1.807, 2.05) is 0 Å². The third-order valence-corrected chi connectivity index (χ3v) is 15.9. The van der Waals surface area contributed by atoms with Crippen LogP contribution in [-0.4, -0.2) is 19.9 Å². The second-order valence-electron chi connectivity index (χ2n) is 29.6. The third kappa shape index (κ3) is 13.0. The van der Waals surface area contributed by atoms with Crippen molar-refractivity contribution in [3.05, 3.63) is 164 Å². The fourth-order valence-electron chi connectivity index (χ4n) is 11.9. The third-order valence-electron chi connectivity index (χ3n) is 15.9. The highest BCUT2D eigenvalue weighted by molar-refractivity contribution is 6.00. The molecule has 0 amide bonds. The van der Waals surface area contributed by atoms with Crippen molar-refractivity contribution in [1.82, 2.24) is 19.9 Å². The molecule has 0 saturated carbocycles. The molecule has 4 aromatic carbocycles. The molecule has 0 spiro atoms. The van der Waals surface area contributed by atoms with E-state index in [0.29, 0.717) is 23.7 Å². The molecule has 4 heteroatoms. The van der Waals surface area contributed by atoms with Gasteiger partial charge in [-0.1, -0.05) is 211 Å². The lowest BCUT2D eigenvalue weighted by atomic mass is 9.79. The standard InChI is InChI=1S/C76H94N4/c1-45(2)29-49-33-50(30-46(3)4)35-53(34-49)69-61-21-23-63(77-61)70(54-36-51(31-47(5)6)38-57(40-54)73(9,10)11)65-25-27-67(79-65)72(56-42-59(75(15,16)17)44-60(43-56)76(18,19)20)68-28-26-66(80-68)71(64-24-22-62(69)78-64)55-37-52(32-48(7)8)39-58(41-55)74(12,13)14/h21-28,33-48,77,80H,29-32H2,1-20H3. The van der Waals surface area contributed by atoms with E-state index in [-0.39, 0.29) is 21.7 Å². The molecule has 0 unspecified atom stereocenters. The maximum absolute atomic E-state index is 5.87. The Morgan fingerprint density at radius 1 is 0.300 bits per heavy atom. The van der Waals surface area contributed by atoms with Crippen molar-refractivity contribution >= 4 is 46.4 Å². The number of hydrogen-bond acceptors (Lipinski definition) is 2. The second-order valence-corrected chi connectivity index (χ2v) is 29.6. The molecule has 80 heavy (non-hydrogen) atoms. The first-order valence-corrected chi connectivity index (χ1v) is 30.1. The Labute approximate surface area is 482 Å².